The molecule has 2 rings (SSSR count). The van der Waals surface area contributed by atoms with Crippen molar-refractivity contribution in [1.29, 1.82) is 0 Å². The summed E-state index contributed by atoms with van der Waals surface area (Å²) in [7, 11) is 0. The SMILES string of the molecule is Nc1cc(-c2cccc(O)c2Br)no1. The molecule has 0 aliphatic heterocycles. The molecule has 0 saturated carbocycles. The Labute approximate surface area is 88.5 Å². The minimum Gasteiger partial charge on any atom is -0.507 e. The highest BCUT2D eigenvalue weighted by molar-refractivity contribution is 9.10. The number of hydrogen-bond donors (Lipinski definition) is 2. The number of hydrogen-bond acceptors (Lipinski definition) is 4. The predicted molar refractivity (Wildman–Crippen MR) is 55.7 cm³/mol. The van der Waals surface area contributed by atoms with E-state index < -0.39 is 0 Å². The van der Waals surface area contributed by atoms with Crippen molar-refractivity contribution in [3.8, 4) is 17.0 Å². The maximum Gasteiger partial charge on any atom is 0.222 e. The number of anilines is 1. The molecule has 0 saturated heterocycles. The van der Waals surface area contributed by atoms with Crippen LogP contribution in [-0.4, -0.2) is 10.3 Å². The number of halogens is 1. The van der Waals surface area contributed by atoms with Crippen molar-refractivity contribution in [1.82, 2.24) is 5.16 Å². The van der Waals surface area contributed by atoms with Crippen LogP contribution in [0.25, 0.3) is 11.3 Å². The molecule has 0 fully saturated rings. The minimum atomic E-state index is 0.157. The molecule has 0 radical (unpaired) electrons. The minimum absolute atomic E-state index is 0.157. The summed E-state index contributed by atoms with van der Waals surface area (Å²) >= 11 is 3.25. The van der Waals surface area contributed by atoms with Crippen molar-refractivity contribution in [2.45, 2.75) is 0 Å². The Morgan fingerprint density at radius 3 is 2.86 bits per heavy atom. The van der Waals surface area contributed by atoms with Crippen molar-refractivity contribution in [2.75, 3.05) is 5.73 Å². The second kappa shape index (κ2) is 3.34. The molecule has 4 nitrogen and oxygen atoms in total. The molecule has 0 aliphatic rings. The summed E-state index contributed by atoms with van der Waals surface area (Å²) in [5, 5.41) is 13.2. The highest BCUT2D eigenvalue weighted by Gasteiger charge is 2.10. The number of phenols is 1. The van der Waals surface area contributed by atoms with Gasteiger partial charge in [0.25, 0.3) is 0 Å². The van der Waals surface area contributed by atoms with Crippen LogP contribution in [0.3, 0.4) is 0 Å². The summed E-state index contributed by atoms with van der Waals surface area (Å²) in [4.78, 5) is 0. The van der Waals surface area contributed by atoms with E-state index in [4.69, 9.17) is 10.3 Å². The Hall–Kier alpha value is -1.49. The first kappa shape index (κ1) is 9.08. The van der Waals surface area contributed by atoms with Gasteiger partial charge in [0.2, 0.25) is 5.88 Å². The van der Waals surface area contributed by atoms with Crippen molar-refractivity contribution in [3.63, 3.8) is 0 Å². The lowest BCUT2D eigenvalue weighted by Gasteiger charge is -2.01. The first-order valence-corrected chi connectivity index (χ1v) is 4.68. The summed E-state index contributed by atoms with van der Waals surface area (Å²) in [5.74, 6) is 0.402. The second-order valence-corrected chi connectivity index (χ2v) is 3.55. The molecule has 0 spiro atoms. The van der Waals surface area contributed by atoms with Gasteiger partial charge in [-0.25, -0.2) is 0 Å². The number of aromatic hydroxyl groups is 1. The van der Waals surface area contributed by atoms with E-state index in [0.717, 1.165) is 5.56 Å². The van der Waals surface area contributed by atoms with Crippen LogP contribution in [0.1, 0.15) is 0 Å². The van der Waals surface area contributed by atoms with Gasteiger partial charge in [-0.15, -0.1) is 0 Å². The largest absolute Gasteiger partial charge is 0.507 e. The van der Waals surface area contributed by atoms with E-state index in [1.807, 2.05) is 0 Å². The van der Waals surface area contributed by atoms with E-state index in [9.17, 15) is 5.11 Å². The molecule has 14 heavy (non-hydrogen) atoms. The van der Waals surface area contributed by atoms with E-state index in [1.54, 1.807) is 24.3 Å². The van der Waals surface area contributed by atoms with E-state index >= 15 is 0 Å². The lowest BCUT2D eigenvalue weighted by atomic mass is 10.1. The van der Waals surface area contributed by atoms with Gasteiger partial charge in [0, 0.05) is 11.6 Å². The first-order valence-electron chi connectivity index (χ1n) is 3.88. The van der Waals surface area contributed by atoms with Gasteiger partial charge in [0.1, 0.15) is 11.4 Å². The number of phenolic OH excluding ortho intramolecular Hbond substituents is 1. The van der Waals surface area contributed by atoms with Gasteiger partial charge in [-0.2, -0.15) is 0 Å². The zero-order valence-corrected chi connectivity index (χ0v) is 8.65. The van der Waals surface area contributed by atoms with Gasteiger partial charge in [-0.1, -0.05) is 17.3 Å². The molecular formula is C9H7BrN2O2. The van der Waals surface area contributed by atoms with Gasteiger partial charge < -0.3 is 15.4 Å². The van der Waals surface area contributed by atoms with E-state index in [0.29, 0.717) is 10.2 Å². The third-order valence-electron chi connectivity index (χ3n) is 1.78. The number of aromatic nitrogens is 1. The number of benzene rings is 1. The Morgan fingerprint density at radius 2 is 2.21 bits per heavy atom. The monoisotopic (exact) mass is 254 g/mol. The van der Waals surface area contributed by atoms with E-state index in [-0.39, 0.29) is 11.6 Å². The quantitative estimate of drug-likeness (QED) is 0.820. The maximum absolute atomic E-state index is 9.43. The molecule has 5 heteroatoms. The number of nitrogens with two attached hydrogens (primary N) is 1. The van der Waals surface area contributed by atoms with Gasteiger partial charge in [-0.3, -0.25) is 0 Å². The lowest BCUT2D eigenvalue weighted by Crippen LogP contribution is -1.80. The van der Waals surface area contributed by atoms with Gasteiger partial charge in [0.05, 0.1) is 4.47 Å². The molecule has 72 valence electrons. The Morgan fingerprint density at radius 1 is 1.43 bits per heavy atom. The molecule has 0 atom stereocenters. The van der Waals surface area contributed by atoms with Gasteiger partial charge in [0.15, 0.2) is 0 Å². The Balaban J connectivity index is 2.57. The van der Waals surface area contributed by atoms with Crippen molar-refractivity contribution >= 4 is 21.8 Å². The molecule has 1 heterocycles. The molecule has 0 aliphatic carbocycles. The number of nitrogens with zero attached hydrogens (tertiary/aromatic N) is 1. The molecular weight excluding hydrogens is 248 g/mol. The van der Waals surface area contributed by atoms with Crippen LogP contribution in [0, 0.1) is 0 Å². The van der Waals surface area contributed by atoms with Crippen LogP contribution in [-0.2, 0) is 0 Å². The highest BCUT2D eigenvalue weighted by atomic mass is 79.9. The summed E-state index contributed by atoms with van der Waals surface area (Å²) in [6.45, 7) is 0. The predicted octanol–water partition coefficient (Wildman–Crippen LogP) is 2.39. The normalized spacial score (nSPS) is 10.4. The average Bonchev–Trinajstić information content (AvgIpc) is 2.57. The van der Waals surface area contributed by atoms with Crippen LogP contribution < -0.4 is 5.73 Å². The molecule has 0 bridgehead atoms. The van der Waals surface area contributed by atoms with Crippen molar-refractivity contribution < 1.29 is 9.63 Å². The first-order chi connectivity index (χ1) is 6.68. The van der Waals surface area contributed by atoms with Crippen LogP contribution in [0.4, 0.5) is 5.88 Å². The molecule has 0 amide bonds. The van der Waals surface area contributed by atoms with Crippen LogP contribution in [0.2, 0.25) is 0 Å². The van der Waals surface area contributed by atoms with E-state index in [1.165, 1.54) is 0 Å². The standard InChI is InChI=1S/C9H7BrN2O2/c10-9-5(2-1-3-7(9)13)6-4-8(11)14-12-6/h1-4,13H,11H2. The van der Waals surface area contributed by atoms with Crippen molar-refractivity contribution in [2.24, 2.45) is 0 Å². The highest BCUT2D eigenvalue weighted by Crippen LogP contribution is 2.34. The maximum atomic E-state index is 9.43. The topological polar surface area (TPSA) is 72.3 Å². The smallest absolute Gasteiger partial charge is 0.222 e. The molecule has 0 unspecified atom stereocenters. The molecule has 1 aromatic heterocycles. The number of nitrogen functional groups attached to an aromatic ring is 1. The molecule has 1 aromatic carbocycles. The third kappa shape index (κ3) is 1.46. The lowest BCUT2D eigenvalue weighted by molar-refractivity contribution is 0.439. The van der Waals surface area contributed by atoms with Crippen LogP contribution in [0.5, 0.6) is 5.75 Å². The van der Waals surface area contributed by atoms with Crippen LogP contribution >= 0.6 is 15.9 Å². The zero-order valence-electron chi connectivity index (χ0n) is 7.07. The molecule has 2 aromatic rings. The summed E-state index contributed by atoms with van der Waals surface area (Å²) < 4.78 is 5.32. The van der Waals surface area contributed by atoms with Crippen molar-refractivity contribution in [3.05, 3.63) is 28.7 Å². The fourth-order valence-electron chi connectivity index (χ4n) is 1.13. The van der Waals surface area contributed by atoms with Crippen LogP contribution in [0.15, 0.2) is 33.3 Å². The second-order valence-electron chi connectivity index (χ2n) is 2.75. The fraction of sp³-hybridized carbons (Fsp3) is 0. The van der Waals surface area contributed by atoms with Gasteiger partial charge in [-0.05, 0) is 22.0 Å². The van der Waals surface area contributed by atoms with E-state index in [2.05, 4.69) is 21.1 Å². The Kier molecular flexibility index (Phi) is 2.17. The van der Waals surface area contributed by atoms with Gasteiger partial charge >= 0.3 is 0 Å². The average molecular weight is 255 g/mol. The summed E-state index contributed by atoms with van der Waals surface area (Å²) in [5.41, 5.74) is 6.73. The summed E-state index contributed by atoms with van der Waals surface area (Å²) in [6, 6.07) is 6.71. The molecule has 3 N–H and O–H groups in total. The number of rotatable bonds is 1. The zero-order chi connectivity index (χ0) is 10.1. The Bertz CT molecular complexity index is 468. The fourth-order valence-corrected chi connectivity index (χ4v) is 1.60. The third-order valence-corrected chi connectivity index (χ3v) is 2.62. The summed E-state index contributed by atoms with van der Waals surface area (Å²) in [6.07, 6.45) is 0.